The Morgan fingerprint density at radius 2 is 1.86 bits per heavy atom. The van der Waals surface area contributed by atoms with Gasteiger partial charge >= 0.3 is 0 Å². The van der Waals surface area contributed by atoms with Crippen LogP contribution in [0.5, 0.6) is 0 Å². The fourth-order valence-corrected chi connectivity index (χ4v) is 4.41. The Morgan fingerprint density at radius 1 is 1.08 bits per heavy atom. The Bertz CT molecular complexity index is 1390. The summed E-state index contributed by atoms with van der Waals surface area (Å²) in [5.74, 6) is -0.147. The molecule has 0 bridgehead atoms. The van der Waals surface area contributed by atoms with Gasteiger partial charge in [-0.2, -0.15) is 5.10 Å². The molecule has 8 heteroatoms. The summed E-state index contributed by atoms with van der Waals surface area (Å²) in [5.41, 5.74) is 6.09. The first kappa shape index (κ1) is 24.9. The van der Waals surface area contributed by atoms with E-state index in [0.717, 1.165) is 65.6 Å². The molecule has 0 spiro atoms. The minimum atomic E-state index is -0.147. The summed E-state index contributed by atoms with van der Waals surface area (Å²) in [4.78, 5) is 17.8. The highest BCUT2D eigenvalue weighted by Crippen LogP contribution is 2.34. The molecule has 5 rings (SSSR count). The number of rotatable bonds is 11. The predicted octanol–water partition coefficient (Wildman–Crippen LogP) is 4.39. The van der Waals surface area contributed by atoms with Crippen LogP contribution in [-0.4, -0.2) is 36.9 Å². The van der Waals surface area contributed by atoms with Gasteiger partial charge < -0.3 is 20.8 Å². The number of aliphatic hydroxyl groups excluding tert-OH is 2. The van der Waals surface area contributed by atoms with Crippen molar-refractivity contribution in [3.8, 4) is 11.3 Å². The maximum Gasteiger partial charge on any atom is 0.255 e. The van der Waals surface area contributed by atoms with Gasteiger partial charge in [0.1, 0.15) is 0 Å². The molecule has 37 heavy (non-hydrogen) atoms. The van der Waals surface area contributed by atoms with Crippen LogP contribution in [0.3, 0.4) is 0 Å². The number of carbonyl (C=O) groups is 1. The number of fused-ring (bicyclic) bond motifs is 1. The SMILES string of the molecule is CCCCn1ccc(-c2cc3c(NCc4ccc(CO)cc4)c(C(=O)NC4CC4)cnc3cc2CO)n1. The van der Waals surface area contributed by atoms with Crippen molar-refractivity contribution in [2.75, 3.05) is 5.32 Å². The molecular formula is C29H33N5O3. The molecule has 4 aromatic rings. The van der Waals surface area contributed by atoms with Crippen molar-refractivity contribution in [3.05, 3.63) is 77.1 Å². The highest BCUT2D eigenvalue weighted by atomic mass is 16.3. The fourth-order valence-electron chi connectivity index (χ4n) is 4.41. The van der Waals surface area contributed by atoms with Gasteiger partial charge in [-0.05, 0) is 54.2 Å². The van der Waals surface area contributed by atoms with Crippen molar-refractivity contribution in [2.24, 2.45) is 0 Å². The summed E-state index contributed by atoms with van der Waals surface area (Å²) in [6.45, 7) is 3.35. The van der Waals surface area contributed by atoms with Crippen molar-refractivity contribution in [1.82, 2.24) is 20.1 Å². The average molecular weight is 500 g/mol. The molecule has 0 radical (unpaired) electrons. The summed E-state index contributed by atoms with van der Waals surface area (Å²) in [5, 5.41) is 31.6. The summed E-state index contributed by atoms with van der Waals surface area (Å²) in [6.07, 6.45) is 7.69. The summed E-state index contributed by atoms with van der Waals surface area (Å²) in [6, 6.07) is 13.7. The normalized spacial score (nSPS) is 13.2. The molecule has 2 heterocycles. The number of hydrogen-bond donors (Lipinski definition) is 4. The van der Waals surface area contributed by atoms with E-state index >= 15 is 0 Å². The van der Waals surface area contributed by atoms with Gasteiger partial charge in [-0.25, -0.2) is 0 Å². The first-order valence-corrected chi connectivity index (χ1v) is 12.9. The molecule has 1 aliphatic carbocycles. The molecule has 0 saturated heterocycles. The largest absolute Gasteiger partial charge is 0.392 e. The van der Waals surface area contributed by atoms with Gasteiger partial charge in [-0.15, -0.1) is 0 Å². The lowest BCUT2D eigenvalue weighted by Gasteiger charge is -2.17. The quantitative estimate of drug-likeness (QED) is 0.244. The summed E-state index contributed by atoms with van der Waals surface area (Å²) < 4.78 is 1.93. The lowest BCUT2D eigenvalue weighted by Crippen LogP contribution is -2.26. The maximum atomic E-state index is 13.2. The van der Waals surface area contributed by atoms with Crippen LogP contribution in [0.1, 0.15) is 59.7 Å². The predicted molar refractivity (Wildman–Crippen MR) is 144 cm³/mol. The van der Waals surface area contributed by atoms with Crippen molar-refractivity contribution < 1.29 is 15.0 Å². The zero-order valence-electron chi connectivity index (χ0n) is 21.1. The second kappa shape index (κ2) is 11.1. The van der Waals surface area contributed by atoms with Crippen LogP contribution in [0.4, 0.5) is 5.69 Å². The van der Waals surface area contributed by atoms with Gasteiger partial charge in [-0.1, -0.05) is 37.6 Å². The number of amides is 1. The molecule has 1 fully saturated rings. The van der Waals surface area contributed by atoms with Gasteiger partial charge in [0.05, 0.1) is 35.7 Å². The van der Waals surface area contributed by atoms with Gasteiger partial charge in [-0.3, -0.25) is 14.5 Å². The third-order valence-electron chi connectivity index (χ3n) is 6.75. The zero-order chi connectivity index (χ0) is 25.8. The van der Waals surface area contributed by atoms with E-state index in [4.69, 9.17) is 5.10 Å². The van der Waals surface area contributed by atoms with Crippen LogP contribution in [0.2, 0.25) is 0 Å². The smallest absolute Gasteiger partial charge is 0.255 e. The van der Waals surface area contributed by atoms with Crippen LogP contribution in [0.25, 0.3) is 22.2 Å². The van der Waals surface area contributed by atoms with E-state index < -0.39 is 0 Å². The molecule has 0 unspecified atom stereocenters. The molecule has 2 aromatic heterocycles. The van der Waals surface area contributed by atoms with Crippen LogP contribution < -0.4 is 10.6 Å². The number of anilines is 1. The molecule has 1 amide bonds. The molecule has 0 aliphatic heterocycles. The standard InChI is InChI=1S/C29H33N5O3/c1-2-3-11-34-12-10-26(33-34)23-14-24-27(13-21(23)18-36)30-16-25(29(37)32-22-8-9-22)28(24)31-15-19-4-6-20(17-35)7-5-19/h4-7,10,12-14,16,22,35-36H,2-3,8-9,11,15,17-18H2,1H3,(H,30,31)(H,32,37). The Labute approximate surface area is 216 Å². The lowest BCUT2D eigenvalue weighted by molar-refractivity contribution is 0.0951. The average Bonchev–Trinajstić information content (AvgIpc) is 3.62. The first-order chi connectivity index (χ1) is 18.1. The zero-order valence-corrected chi connectivity index (χ0v) is 21.1. The van der Waals surface area contributed by atoms with Gasteiger partial charge in [0.2, 0.25) is 0 Å². The number of aryl methyl sites for hydroxylation is 1. The van der Waals surface area contributed by atoms with Crippen LogP contribution in [0, 0.1) is 0 Å². The van der Waals surface area contributed by atoms with Crippen molar-refractivity contribution in [1.29, 1.82) is 0 Å². The van der Waals surface area contributed by atoms with E-state index in [1.54, 1.807) is 6.20 Å². The third kappa shape index (κ3) is 5.65. The fraction of sp³-hybridized carbons (Fsp3) is 0.345. The van der Waals surface area contributed by atoms with E-state index in [9.17, 15) is 15.0 Å². The highest BCUT2D eigenvalue weighted by Gasteiger charge is 2.26. The number of hydrogen-bond acceptors (Lipinski definition) is 6. The molecule has 192 valence electrons. The number of unbranched alkanes of at least 4 members (excludes halogenated alkanes) is 1. The molecule has 1 aliphatic rings. The van der Waals surface area contributed by atoms with Gasteiger partial charge in [0, 0.05) is 42.5 Å². The Balaban J connectivity index is 1.56. The Hall–Kier alpha value is -3.75. The monoisotopic (exact) mass is 499 g/mol. The molecule has 2 aromatic carbocycles. The molecule has 0 atom stereocenters. The van der Waals surface area contributed by atoms with E-state index in [2.05, 4.69) is 22.5 Å². The molecule has 8 nitrogen and oxygen atoms in total. The minimum absolute atomic E-state index is 0.00163. The van der Waals surface area contributed by atoms with E-state index in [1.807, 2.05) is 53.3 Å². The van der Waals surface area contributed by atoms with Crippen LogP contribution >= 0.6 is 0 Å². The number of carbonyl (C=O) groups excluding carboxylic acids is 1. The number of pyridine rings is 1. The van der Waals surface area contributed by atoms with Crippen molar-refractivity contribution >= 4 is 22.5 Å². The van der Waals surface area contributed by atoms with Gasteiger partial charge in [0.25, 0.3) is 5.91 Å². The third-order valence-corrected chi connectivity index (χ3v) is 6.75. The number of aromatic nitrogens is 3. The van der Waals surface area contributed by atoms with Gasteiger partial charge in [0.15, 0.2) is 0 Å². The minimum Gasteiger partial charge on any atom is -0.392 e. The number of benzene rings is 2. The molecule has 1 saturated carbocycles. The highest BCUT2D eigenvalue weighted by molar-refractivity contribution is 6.08. The van der Waals surface area contributed by atoms with Crippen molar-refractivity contribution in [2.45, 2.75) is 65.0 Å². The number of nitrogens with one attached hydrogen (secondary N) is 2. The topological polar surface area (TPSA) is 112 Å². The lowest BCUT2D eigenvalue weighted by atomic mass is 9.99. The first-order valence-electron chi connectivity index (χ1n) is 12.9. The van der Waals surface area contributed by atoms with Crippen LogP contribution in [-0.2, 0) is 26.3 Å². The Morgan fingerprint density at radius 3 is 2.57 bits per heavy atom. The second-order valence-electron chi connectivity index (χ2n) is 9.62. The maximum absolute atomic E-state index is 13.2. The summed E-state index contributed by atoms with van der Waals surface area (Å²) >= 11 is 0. The van der Waals surface area contributed by atoms with Crippen LogP contribution in [0.15, 0.2) is 54.9 Å². The summed E-state index contributed by atoms with van der Waals surface area (Å²) in [7, 11) is 0. The number of nitrogens with zero attached hydrogens (tertiary/aromatic N) is 3. The van der Waals surface area contributed by atoms with Crippen molar-refractivity contribution in [3.63, 3.8) is 0 Å². The van der Waals surface area contributed by atoms with E-state index in [0.29, 0.717) is 23.3 Å². The van der Waals surface area contributed by atoms with E-state index in [-0.39, 0.29) is 25.2 Å². The number of aliphatic hydroxyl groups is 2. The molecular weight excluding hydrogens is 466 g/mol. The molecule has 4 N–H and O–H groups in total. The second-order valence-corrected chi connectivity index (χ2v) is 9.62. The Kier molecular flexibility index (Phi) is 7.48. The van der Waals surface area contributed by atoms with E-state index in [1.165, 1.54) is 0 Å².